The number of carbonyl (C=O) groups is 1. The first-order valence-electron chi connectivity index (χ1n) is 6.00. The van der Waals surface area contributed by atoms with Crippen LogP contribution in [0.1, 0.15) is 10.4 Å². The molecule has 2 aromatic carbocycles. The Labute approximate surface area is 121 Å². The van der Waals surface area contributed by atoms with Crippen LogP contribution in [0.3, 0.4) is 0 Å². The van der Waals surface area contributed by atoms with Crippen molar-refractivity contribution in [3.8, 4) is 11.5 Å². The first kappa shape index (κ1) is 14.2. The Morgan fingerprint density at radius 2 is 1.65 bits per heavy atom. The third-order valence-electron chi connectivity index (χ3n) is 2.52. The number of hydrogen-bond donors (Lipinski definition) is 1. The SMILES string of the molecule is O=C(O)c1ccc(OCCOc2cccc(Cl)c2)cc1. The second-order valence-electron chi connectivity index (χ2n) is 3.98. The first-order chi connectivity index (χ1) is 9.65. The van der Waals surface area contributed by atoms with E-state index in [0.29, 0.717) is 29.7 Å². The molecule has 0 bridgehead atoms. The molecule has 0 amide bonds. The Morgan fingerprint density at radius 3 is 2.25 bits per heavy atom. The molecular weight excluding hydrogens is 280 g/mol. The highest BCUT2D eigenvalue weighted by molar-refractivity contribution is 6.30. The summed E-state index contributed by atoms with van der Waals surface area (Å²) in [6, 6.07) is 13.3. The minimum absolute atomic E-state index is 0.229. The summed E-state index contributed by atoms with van der Waals surface area (Å²) in [5.74, 6) is 0.327. The molecule has 0 fully saturated rings. The molecule has 4 nitrogen and oxygen atoms in total. The maximum Gasteiger partial charge on any atom is 0.335 e. The predicted octanol–water partition coefficient (Wildman–Crippen LogP) is 3.50. The number of benzene rings is 2. The highest BCUT2D eigenvalue weighted by atomic mass is 35.5. The van der Waals surface area contributed by atoms with Gasteiger partial charge in [0, 0.05) is 5.02 Å². The zero-order valence-corrected chi connectivity index (χ0v) is 11.3. The maximum absolute atomic E-state index is 10.7. The van der Waals surface area contributed by atoms with Crippen LogP contribution in [0.5, 0.6) is 11.5 Å². The molecule has 0 aromatic heterocycles. The van der Waals surface area contributed by atoms with Gasteiger partial charge in [-0.25, -0.2) is 4.79 Å². The Bertz CT molecular complexity index is 581. The van der Waals surface area contributed by atoms with Gasteiger partial charge in [-0.3, -0.25) is 0 Å². The normalized spacial score (nSPS) is 10.1. The van der Waals surface area contributed by atoms with Gasteiger partial charge in [-0.15, -0.1) is 0 Å². The van der Waals surface area contributed by atoms with Crippen molar-refractivity contribution in [2.75, 3.05) is 13.2 Å². The van der Waals surface area contributed by atoms with Crippen LogP contribution in [-0.2, 0) is 0 Å². The molecule has 0 radical (unpaired) electrons. The summed E-state index contributed by atoms with van der Waals surface area (Å²) in [6.07, 6.45) is 0. The molecule has 0 atom stereocenters. The molecular formula is C15H13ClO4. The van der Waals surface area contributed by atoms with Crippen LogP contribution in [0.2, 0.25) is 5.02 Å². The highest BCUT2D eigenvalue weighted by Gasteiger charge is 2.02. The van der Waals surface area contributed by atoms with E-state index >= 15 is 0 Å². The quantitative estimate of drug-likeness (QED) is 0.828. The van der Waals surface area contributed by atoms with E-state index in [-0.39, 0.29) is 5.56 Å². The molecule has 0 aliphatic carbocycles. The summed E-state index contributed by atoms with van der Waals surface area (Å²) in [4.78, 5) is 10.7. The smallest absolute Gasteiger partial charge is 0.335 e. The van der Waals surface area contributed by atoms with Gasteiger partial charge in [0.05, 0.1) is 5.56 Å². The average molecular weight is 293 g/mol. The van der Waals surface area contributed by atoms with Crippen LogP contribution in [0.15, 0.2) is 48.5 Å². The second kappa shape index (κ2) is 6.82. The highest BCUT2D eigenvalue weighted by Crippen LogP contribution is 2.17. The fraction of sp³-hybridized carbons (Fsp3) is 0.133. The van der Waals surface area contributed by atoms with Crippen LogP contribution in [0, 0.1) is 0 Å². The van der Waals surface area contributed by atoms with E-state index in [0.717, 1.165) is 0 Å². The molecule has 5 heteroatoms. The number of rotatable bonds is 6. The van der Waals surface area contributed by atoms with Gasteiger partial charge in [-0.1, -0.05) is 17.7 Å². The van der Waals surface area contributed by atoms with Crippen LogP contribution >= 0.6 is 11.6 Å². The van der Waals surface area contributed by atoms with Gasteiger partial charge in [0.25, 0.3) is 0 Å². The number of halogens is 1. The number of carboxylic acids is 1. The Morgan fingerprint density at radius 1 is 1.00 bits per heavy atom. The lowest BCUT2D eigenvalue weighted by molar-refractivity contribution is 0.0697. The van der Waals surface area contributed by atoms with E-state index in [1.165, 1.54) is 12.1 Å². The minimum Gasteiger partial charge on any atom is -0.490 e. The second-order valence-corrected chi connectivity index (χ2v) is 4.42. The number of aromatic carboxylic acids is 1. The van der Waals surface area contributed by atoms with Gasteiger partial charge in [-0.05, 0) is 42.5 Å². The van der Waals surface area contributed by atoms with Gasteiger partial charge in [0.1, 0.15) is 24.7 Å². The summed E-state index contributed by atoms with van der Waals surface area (Å²) in [5.41, 5.74) is 0.229. The molecule has 0 saturated heterocycles. The fourth-order valence-corrected chi connectivity index (χ4v) is 1.75. The van der Waals surface area contributed by atoms with E-state index in [1.807, 2.05) is 12.1 Å². The van der Waals surface area contributed by atoms with Crippen molar-refractivity contribution >= 4 is 17.6 Å². The van der Waals surface area contributed by atoms with E-state index < -0.39 is 5.97 Å². The Hall–Kier alpha value is -2.20. The number of hydrogen-bond acceptors (Lipinski definition) is 3. The summed E-state index contributed by atoms with van der Waals surface area (Å²) in [6.45, 7) is 0.736. The van der Waals surface area contributed by atoms with Crippen molar-refractivity contribution in [1.29, 1.82) is 0 Å². The summed E-state index contributed by atoms with van der Waals surface area (Å²) in [7, 11) is 0. The number of ether oxygens (including phenoxy) is 2. The van der Waals surface area contributed by atoms with Crippen molar-refractivity contribution in [3.05, 3.63) is 59.1 Å². The first-order valence-corrected chi connectivity index (χ1v) is 6.37. The topological polar surface area (TPSA) is 55.8 Å². The lowest BCUT2D eigenvalue weighted by Gasteiger charge is -2.08. The third kappa shape index (κ3) is 4.17. The third-order valence-corrected chi connectivity index (χ3v) is 2.75. The van der Waals surface area contributed by atoms with Crippen molar-refractivity contribution < 1.29 is 19.4 Å². The van der Waals surface area contributed by atoms with Crippen LogP contribution in [0.25, 0.3) is 0 Å². The van der Waals surface area contributed by atoms with Gasteiger partial charge >= 0.3 is 5.97 Å². The summed E-state index contributed by atoms with van der Waals surface area (Å²) < 4.78 is 10.9. The number of carboxylic acid groups (broad SMARTS) is 1. The summed E-state index contributed by atoms with van der Waals surface area (Å²) >= 11 is 5.83. The van der Waals surface area contributed by atoms with Crippen molar-refractivity contribution in [2.45, 2.75) is 0 Å². The van der Waals surface area contributed by atoms with E-state index in [2.05, 4.69) is 0 Å². The van der Waals surface area contributed by atoms with Crippen LogP contribution in [-0.4, -0.2) is 24.3 Å². The molecule has 0 saturated carbocycles. The monoisotopic (exact) mass is 292 g/mol. The van der Waals surface area contributed by atoms with E-state index in [4.69, 9.17) is 26.2 Å². The van der Waals surface area contributed by atoms with Crippen LogP contribution < -0.4 is 9.47 Å². The van der Waals surface area contributed by atoms with Gasteiger partial charge in [-0.2, -0.15) is 0 Å². The summed E-state index contributed by atoms with van der Waals surface area (Å²) in [5, 5.41) is 9.38. The van der Waals surface area contributed by atoms with Crippen molar-refractivity contribution in [1.82, 2.24) is 0 Å². The Kier molecular flexibility index (Phi) is 4.85. The molecule has 1 N–H and O–H groups in total. The van der Waals surface area contributed by atoms with Crippen molar-refractivity contribution in [2.24, 2.45) is 0 Å². The molecule has 0 aliphatic heterocycles. The molecule has 0 aliphatic rings. The van der Waals surface area contributed by atoms with Gasteiger partial charge in [0.15, 0.2) is 0 Å². The lowest BCUT2D eigenvalue weighted by atomic mass is 10.2. The van der Waals surface area contributed by atoms with Gasteiger partial charge < -0.3 is 14.6 Å². The fourth-order valence-electron chi connectivity index (χ4n) is 1.57. The standard InChI is InChI=1S/C15H13ClO4/c16-12-2-1-3-14(10-12)20-9-8-19-13-6-4-11(5-7-13)15(17)18/h1-7,10H,8-9H2,(H,17,18). The van der Waals surface area contributed by atoms with Crippen molar-refractivity contribution in [3.63, 3.8) is 0 Å². The maximum atomic E-state index is 10.7. The minimum atomic E-state index is -0.958. The van der Waals surface area contributed by atoms with E-state index in [1.54, 1.807) is 24.3 Å². The van der Waals surface area contributed by atoms with Gasteiger partial charge in [0.2, 0.25) is 0 Å². The zero-order chi connectivity index (χ0) is 14.4. The molecule has 20 heavy (non-hydrogen) atoms. The molecule has 0 heterocycles. The average Bonchev–Trinajstić information content (AvgIpc) is 2.44. The largest absolute Gasteiger partial charge is 0.490 e. The molecule has 2 rings (SSSR count). The molecule has 2 aromatic rings. The lowest BCUT2D eigenvalue weighted by Crippen LogP contribution is -2.09. The zero-order valence-electron chi connectivity index (χ0n) is 10.6. The van der Waals surface area contributed by atoms with Crippen LogP contribution in [0.4, 0.5) is 0 Å². The van der Waals surface area contributed by atoms with E-state index in [9.17, 15) is 4.79 Å². The molecule has 0 spiro atoms. The molecule has 0 unspecified atom stereocenters. The Balaban J connectivity index is 1.77. The predicted molar refractivity (Wildman–Crippen MR) is 75.8 cm³/mol. The molecule has 104 valence electrons.